The Morgan fingerprint density at radius 2 is 1.35 bits per heavy atom. The smallest absolute Gasteiger partial charge is 0.316 e. The second-order valence-corrected chi connectivity index (χ2v) is 16.8. The number of ether oxygens (including phenoxy) is 7. The number of benzene rings is 2. The summed E-state index contributed by atoms with van der Waals surface area (Å²) in [5.41, 5.74) is -3.64. The van der Waals surface area contributed by atoms with Crippen LogP contribution in [0, 0.1) is 0 Å². The number of likely N-dealkylation sites (N-methyl/N-ethyl adjacent to an activating group) is 1. The second kappa shape index (κ2) is 16.8. The number of aliphatic hydroxyl groups is 4. The van der Waals surface area contributed by atoms with E-state index in [0.29, 0.717) is 0 Å². The number of hydrogen-bond donors (Lipinski definition) is 7. The van der Waals surface area contributed by atoms with E-state index in [1.54, 1.807) is 27.7 Å². The third kappa shape index (κ3) is 7.70. The number of carbonyl (C=O) groups is 3. The molecule has 7 N–H and O–H groups in total. The van der Waals surface area contributed by atoms with Gasteiger partial charge in [0.05, 0.1) is 66.0 Å². The summed E-state index contributed by atoms with van der Waals surface area (Å²) in [6.45, 7) is 6.77. The van der Waals surface area contributed by atoms with Crippen LogP contribution in [-0.2, 0) is 38.0 Å². The third-order valence-electron chi connectivity index (χ3n) is 12.8. The summed E-state index contributed by atoms with van der Waals surface area (Å²) >= 11 is 0. The average molecular weight is 846 g/mol. The molecule has 3 fully saturated rings. The number of phenolic OH excluding ortho intramolecular Hbond substituents is 3. The summed E-state index contributed by atoms with van der Waals surface area (Å²) in [4.78, 5) is 43.2. The minimum Gasteiger partial charge on any atom is -0.507 e. The molecule has 0 aromatic heterocycles. The molecule has 330 valence electrons. The predicted octanol–water partition coefficient (Wildman–Crippen LogP) is 1.63. The first-order valence-corrected chi connectivity index (χ1v) is 20.3. The number of methoxy groups -OCH3 is 1. The fourth-order valence-electron chi connectivity index (χ4n) is 9.51. The highest BCUT2D eigenvalue weighted by molar-refractivity contribution is 6.31. The predicted molar refractivity (Wildman–Crippen MR) is 205 cm³/mol. The molecule has 0 spiro atoms. The third-order valence-corrected chi connectivity index (χ3v) is 12.8. The van der Waals surface area contributed by atoms with Crippen LogP contribution in [0.2, 0.25) is 0 Å². The molecule has 0 amide bonds. The van der Waals surface area contributed by atoms with Crippen LogP contribution < -0.4 is 0 Å². The summed E-state index contributed by atoms with van der Waals surface area (Å²) in [5, 5.41) is 76.8. The maximum absolute atomic E-state index is 14.0. The largest absolute Gasteiger partial charge is 0.507 e. The summed E-state index contributed by atoms with van der Waals surface area (Å²) in [7, 11) is 4.82. The van der Waals surface area contributed by atoms with Gasteiger partial charge in [0.25, 0.3) is 0 Å². The van der Waals surface area contributed by atoms with Gasteiger partial charge in [-0.25, -0.2) is 0 Å². The lowest BCUT2D eigenvalue weighted by Gasteiger charge is -2.48. The number of esters is 1. The maximum atomic E-state index is 14.0. The molecule has 5 aliphatic rings. The maximum Gasteiger partial charge on any atom is 0.316 e. The number of nitrogens with zero attached hydrogens (tertiary/aromatic N) is 1. The van der Waals surface area contributed by atoms with Crippen LogP contribution in [0.3, 0.4) is 0 Å². The van der Waals surface area contributed by atoms with Crippen LogP contribution in [0.4, 0.5) is 0 Å². The number of ketones is 2. The molecule has 2 aliphatic carbocycles. The quantitative estimate of drug-likeness (QED) is 0.119. The Morgan fingerprint density at radius 1 is 0.800 bits per heavy atom. The normalized spacial score (nSPS) is 37.9. The Bertz CT molecular complexity index is 1970. The first-order valence-electron chi connectivity index (χ1n) is 20.3. The zero-order valence-corrected chi connectivity index (χ0v) is 34.5. The van der Waals surface area contributed by atoms with Crippen molar-refractivity contribution in [1.29, 1.82) is 0 Å². The Morgan fingerprint density at radius 3 is 1.92 bits per heavy atom. The number of fused-ring (bicyclic) bond motifs is 3. The summed E-state index contributed by atoms with van der Waals surface area (Å²) in [6.07, 6.45) is -10.5. The van der Waals surface area contributed by atoms with Crippen LogP contribution in [0.15, 0.2) is 18.2 Å². The lowest BCUT2D eigenvalue weighted by Crippen LogP contribution is -2.58. The van der Waals surface area contributed by atoms with Crippen molar-refractivity contribution < 1.29 is 83.3 Å². The Labute approximate surface area is 346 Å². The van der Waals surface area contributed by atoms with Crippen LogP contribution in [0.25, 0.3) is 0 Å². The lowest BCUT2D eigenvalue weighted by atomic mass is 9.67. The molecule has 0 radical (unpaired) electrons. The van der Waals surface area contributed by atoms with Gasteiger partial charge >= 0.3 is 5.97 Å². The SMILES string of the molecule is CC[C@@]1(O)C[C@H](O[C@H]2C[C@H](N(C)C)[C@H](O[C@H]3C[C@H](O)[C@H](O[C@H]4C[C@H](O)[C@H](O)[C@@H](C)O4)[C@@H](C)O3)[C@@H](C)O2)c2c(cc3c(c2O)C(=O)c2c(O)ccc(O)c2C3=O)[C@@H]1C(=O)OC. The molecule has 0 saturated carbocycles. The molecule has 7 rings (SSSR count). The highest BCUT2D eigenvalue weighted by atomic mass is 16.7. The molecule has 2 aromatic rings. The van der Waals surface area contributed by atoms with E-state index in [2.05, 4.69) is 0 Å². The first kappa shape index (κ1) is 44.3. The van der Waals surface area contributed by atoms with E-state index >= 15 is 0 Å². The first-order chi connectivity index (χ1) is 28.3. The molecule has 18 nitrogen and oxygen atoms in total. The zero-order valence-electron chi connectivity index (χ0n) is 34.5. The van der Waals surface area contributed by atoms with Crippen molar-refractivity contribution in [2.24, 2.45) is 0 Å². The lowest BCUT2D eigenvalue weighted by molar-refractivity contribution is -0.332. The van der Waals surface area contributed by atoms with Crippen LogP contribution >= 0.6 is 0 Å². The van der Waals surface area contributed by atoms with Crippen LogP contribution in [0.1, 0.15) is 115 Å². The molecular formula is C42H55NO17. The van der Waals surface area contributed by atoms with Crippen LogP contribution in [-0.4, -0.2) is 159 Å². The van der Waals surface area contributed by atoms with Gasteiger partial charge in [-0.1, -0.05) is 6.92 Å². The number of hydrogen-bond acceptors (Lipinski definition) is 18. The van der Waals surface area contributed by atoms with Crippen LogP contribution in [0.5, 0.6) is 17.2 Å². The molecule has 3 aliphatic heterocycles. The number of aromatic hydroxyl groups is 3. The summed E-state index contributed by atoms with van der Waals surface area (Å²) in [5.74, 6) is -5.94. The Hall–Kier alpha value is -3.79. The van der Waals surface area contributed by atoms with E-state index < -0.39 is 137 Å². The van der Waals surface area contributed by atoms with E-state index in [4.69, 9.17) is 33.2 Å². The number of aliphatic hydroxyl groups excluding tert-OH is 3. The highest BCUT2D eigenvalue weighted by Gasteiger charge is 2.54. The van der Waals surface area contributed by atoms with Crippen molar-refractivity contribution >= 4 is 17.5 Å². The molecule has 15 atom stereocenters. The molecular weight excluding hydrogens is 790 g/mol. The molecule has 2 aromatic carbocycles. The zero-order chi connectivity index (χ0) is 43.7. The average Bonchev–Trinajstić information content (AvgIpc) is 3.18. The summed E-state index contributed by atoms with van der Waals surface area (Å²) in [6, 6.07) is 2.97. The molecule has 3 heterocycles. The fraction of sp³-hybridized carbons (Fsp3) is 0.643. The van der Waals surface area contributed by atoms with Crippen molar-refractivity contribution in [2.75, 3.05) is 21.2 Å². The van der Waals surface area contributed by atoms with E-state index in [9.17, 15) is 50.1 Å². The Balaban J connectivity index is 1.14. The molecule has 3 saturated heterocycles. The van der Waals surface area contributed by atoms with Gasteiger partial charge in [0.1, 0.15) is 41.5 Å². The van der Waals surface area contributed by atoms with Gasteiger partial charge in [-0.05, 0) is 65.0 Å². The number of rotatable bonds is 9. The highest BCUT2D eigenvalue weighted by Crippen LogP contribution is 2.54. The molecule has 0 bridgehead atoms. The molecule has 0 unspecified atom stereocenters. The fourth-order valence-corrected chi connectivity index (χ4v) is 9.51. The van der Waals surface area contributed by atoms with E-state index in [1.807, 2.05) is 19.0 Å². The Kier molecular flexibility index (Phi) is 12.4. The minimum atomic E-state index is -1.82. The molecule has 60 heavy (non-hydrogen) atoms. The van der Waals surface area contributed by atoms with E-state index in [-0.39, 0.29) is 54.8 Å². The van der Waals surface area contributed by atoms with E-state index in [0.717, 1.165) is 19.2 Å². The van der Waals surface area contributed by atoms with Gasteiger partial charge < -0.3 is 73.8 Å². The second-order valence-electron chi connectivity index (χ2n) is 16.8. The van der Waals surface area contributed by atoms with Crippen molar-refractivity contribution in [3.05, 3.63) is 51.6 Å². The monoisotopic (exact) mass is 845 g/mol. The minimum absolute atomic E-state index is 0.0140. The van der Waals surface area contributed by atoms with Gasteiger partial charge in [-0.15, -0.1) is 0 Å². The number of phenols is 3. The van der Waals surface area contributed by atoms with Crippen molar-refractivity contribution in [3.8, 4) is 17.2 Å². The van der Waals surface area contributed by atoms with Gasteiger partial charge in [0, 0.05) is 42.9 Å². The van der Waals surface area contributed by atoms with Gasteiger partial charge in [-0.2, -0.15) is 0 Å². The van der Waals surface area contributed by atoms with Gasteiger partial charge in [0.2, 0.25) is 5.78 Å². The van der Waals surface area contributed by atoms with Crippen molar-refractivity contribution in [1.82, 2.24) is 4.90 Å². The standard InChI is InChI=1S/C42H55NO17/c1-8-42(53)15-26(30-19(34(42)41(52)54-7)11-20-31(37(30)50)38(51)33-23(45)10-9-22(44)32(33)36(20)49)58-27-12-21(43(5)6)39(17(3)56-27)59-29-14-25(47)40(18(4)57-29)60-28-13-24(46)35(48)16(2)55-28/h9-11,16-18,21,24-29,34-35,39-40,44-48,50,53H,8,12-15H2,1-7H3/t16-,17-,18-,21+,24+,25+,26+,27+,28+,29+,34-,35-,39-,40-,42-/m1/s1. The summed E-state index contributed by atoms with van der Waals surface area (Å²) < 4.78 is 42.5. The molecule has 18 heteroatoms. The topological polar surface area (TPSA) is 261 Å². The van der Waals surface area contributed by atoms with Crippen molar-refractivity contribution in [3.63, 3.8) is 0 Å². The van der Waals surface area contributed by atoms with Gasteiger partial charge in [0.15, 0.2) is 24.7 Å². The van der Waals surface area contributed by atoms with Gasteiger partial charge in [-0.3, -0.25) is 14.4 Å². The van der Waals surface area contributed by atoms with E-state index in [1.165, 1.54) is 6.07 Å². The van der Waals surface area contributed by atoms with Crippen molar-refractivity contribution in [2.45, 2.75) is 151 Å². The number of carbonyl (C=O) groups excluding carboxylic acids is 3.